The number of hydrogen-bond acceptors (Lipinski definition) is 5. The molecule has 0 aromatic heterocycles. The van der Waals surface area contributed by atoms with Gasteiger partial charge in [-0.2, -0.15) is 0 Å². The lowest BCUT2D eigenvalue weighted by molar-refractivity contribution is 0.0466. The molecular formula is C13H19NO4S. The molecule has 0 saturated heterocycles. The van der Waals surface area contributed by atoms with Crippen LogP contribution in [0.3, 0.4) is 0 Å². The molecule has 2 rings (SSSR count). The number of aliphatic hydroxyl groups excluding tert-OH is 1. The third kappa shape index (κ3) is 2.35. The molecule has 0 unspecified atom stereocenters. The summed E-state index contributed by atoms with van der Waals surface area (Å²) >= 11 is 0. The van der Waals surface area contributed by atoms with Crippen LogP contribution in [0.5, 0.6) is 0 Å². The molecule has 6 heteroatoms. The van der Waals surface area contributed by atoms with Gasteiger partial charge in [0, 0.05) is 11.3 Å². The zero-order valence-corrected chi connectivity index (χ0v) is 12.0. The maximum Gasteiger partial charge on any atom is 0.179 e. The minimum atomic E-state index is -3.45. The van der Waals surface area contributed by atoms with Gasteiger partial charge < -0.3 is 5.11 Å². The smallest absolute Gasteiger partial charge is 0.179 e. The second kappa shape index (κ2) is 4.47. The Morgan fingerprint density at radius 1 is 1.37 bits per heavy atom. The van der Waals surface area contributed by atoms with Crippen molar-refractivity contribution >= 4 is 15.5 Å². The number of rotatable bonds is 1. The predicted molar refractivity (Wildman–Crippen MR) is 72.1 cm³/mol. The zero-order chi connectivity index (χ0) is 14.4. The van der Waals surface area contributed by atoms with Crippen molar-refractivity contribution in [3.05, 3.63) is 23.8 Å². The summed E-state index contributed by atoms with van der Waals surface area (Å²) in [4.78, 5) is 0.239. The van der Waals surface area contributed by atoms with E-state index in [1.807, 2.05) is 5.48 Å². The van der Waals surface area contributed by atoms with Crippen LogP contribution in [-0.2, 0) is 9.84 Å². The van der Waals surface area contributed by atoms with Crippen LogP contribution in [0.25, 0.3) is 0 Å². The van der Waals surface area contributed by atoms with Gasteiger partial charge in [0.1, 0.15) is 0 Å². The molecule has 0 amide bonds. The summed E-state index contributed by atoms with van der Waals surface area (Å²) in [6.07, 6.45) is -0.766. The topological polar surface area (TPSA) is 86.6 Å². The number of fused-ring (bicyclic) bond motifs is 1. The zero-order valence-electron chi connectivity index (χ0n) is 11.2. The van der Waals surface area contributed by atoms with Crippen LogP contribution in [0.15, 0.2) is 23.1 Å². The van der Waals surface area contributed by atoms with Crippen LogP contribution in [0.2, 0.25) is 0 Å². The molecule has 1 heterocycles. The van der Waals surface area contributed by atoms with Gasteiger partial charge in [0.05, 0.1) is 22.4 Å². The van der Waals surface area contributed by atoms with Gasteiger partial charge in [0.2, 0.25) is 0 Å². The highest BCUT2D eigenvalue weighted by atomic mass is 32.2. The normalized spacial score (nSPS) is 28.3. The first-order valence-corrected chi connectivity index (χ1v) is 7.79. The number of benzene rings is 1. The van der Waals surface area contributed by atoms with E-state index < -0.39 is 21.4 Å². The Balaban J connectivity index is 2.70. The quantitative estimate of drug-likeness (QED) is 0.685. The second-order valence-electron chi connectivity index (χ2n) is 5.85. The molecule has 1 aromatic rings. The van der Waals surface area contributed by atoms with Crippen LogP contribution in [-0.4, -0.2) is 30.6 Å². The van der Waals surface area contributed by atoms with Crippen molar-refractivity contribution in [2.45, 2.75) is 37.7 Å². The third-order valence-corrected chi connectivity index (χ3v) is 5.97. The molecule has 0 saturated carbocycles. The van der Waals surface area contributed by atoms with E-state index in [-0.39, 0.29) is 16.6 Å². The lowest BCUT2D eigenvalue weighted by Crippen LogP contribution is -2.36. The molecule has 0 bridgehead atoms. The fourth-order valence-electron chi connectivity index (χ4n) is 2.76. The monoisotopic (exact) mass is 285 g/mol. The Hall–Kier alpha value is -1.11. The molecule has 1 aromatic carbocycles. The van der Waals surface area contributed by atoms with E-state index in [2.05, 4.69) is 0 Å². The standard InChI is InChI=1S/C13H19NO4S/c1-8-10-6-9(14-16)4-5-11(10)19(17,18)7-13(2,3)12(8)15/h4-6,8,12,14-16H,7H2,1-3H3/t8-,12-/m1/s1. The third-order valence-electron chi connectivity index (χ3n) is 3.80. The van der Waals surface area contributed by atoms with Gasteiger partial charge in [-0.15, -0.1) is 0 Å². The van der Waals surface area contributed by atoms with Crippen LogP contribution in [0, 0.1) is 5.41 Å². The fraction of sp³-hybridized carbons (Fsp3) is 0.538. The first-order valence-electron chi connectivity index (χ1n) is 6.14. The van der Waals surface area contributed by atoms with Crippen LogP contribution < -0.4 is 5.48 Å². The molecule has 1 aliphatic heterocycles. The van der Waals surface area contributed by atoms with Crippen LogP contribution >= 0.6 is 0 Å². The maximum atomic E-state index is 12.4. The van der Waals surface area contributed by atoms with Gasteiger partial charge in [-0.05, 0) is 23.8 Å². The first-order chi connectivity index (χ1) is 8.69. The Morgan fingerprint density at radius 3 is 2.58 bits per heavy atom. The molecule has 0 fully saturated rings. The van der Waals surface area contributed by atoms with E-state index >= 15 is 0 Å². The van der Waals surface area contributed by atoms with Gasteiger partial charge in [-0.3, -0.25) is 10.7 Å². The van der Waals surface area contributed by atoms with Gasteiger partial charge in [-0.25, -0.2) is 8.42 Å². The fourth-order valence-corrected chi connectivity index (χ4v) is 4.94. The lowest BCUT2D eigenvalue weighted by atomic mass is 9.79. The summed E-state index contributed by atoms with van der Waals surface area (Å²) in [6.45, 7) is 5.30. The van der Waals surface area contributed by atoms with Crippen molar-refractivity contribution in [2.75, 3.05) is 11.2 Å². The minimum Gasteiger partial charge on any atom is -0.392 e. The molecule has 1 aliphatic rings. The highest BCUT2D eigenvalue weighted by Gasteiger charge is 2.42. The van der Waals surface area contributed by atoms with Gasteiger partial charge in [0.25, 0.3) is 0 Å². The highest BCUT2D eigenvalue weighted by molar-refractivity contribution is 7.91. The van der Waals surface area contributed by atoms with Crippen molar-refractivity contribution in [1.29, 1.82) is 0 Å². The largest absolute Gasteiger partial charge is 0.392 e. The van der Waals surface area contributed by atoms with E-state index in [1.165, 1.54) is 12.1 Å². The van der Waals surface area contributed by atoms with Gasteiger partial charge in [-0.1, -0.05) is 20.8 Å². The minimum absolute atomic E-state index is 0.0929. The maximum absolute atomic E-state index is 12.4. The second-order valence-corrected chi connectivity index (χ2v) is 7.80. The lowest BCUT2D eigenvalue weighted by Gasteiger charge is -2.31. The van der Waals surface area contributed by atoms with Crippen molar-refractivity contribution in [3.63, 3.8) is 0 Å². The molecule has 106 valence electrons. The summed E-state index contributed by atoms with van der Waals surface area (Å²) in [7, 11) is -3.45. The summed E-state index contributed by atoms with van der Waals surface area (Å²) < 4.78 is 24.8. The molecule has 0 radical (unpaired) electrons. The molecular weight excluding hydrogens is 266 g/mol. The Bertz CT molecular complexity index is 595. The number of nitrogens with one attached hydrogen (secondary N) is 1. The van der Waals surface area contributed by atoms with Crippen molar-refractivity contribution in [3.8, 4) is 0 Å². The van der Waals surface area contributed by atoms with E-state index in [4.69, 9.17) is 5.21 Å². The number of anilines is 1. The average molecular weight is 285 g/mol. The van der Waals surface area contributed by atoms with Gasteiger partial charge >= 0.3 is 0 Å². The van der Waals surface area contributed by atoms with E-state index in [9.17, 15) is 13.5 Å². The van der Waals surface area contributed by atoms with Crippen molar-refractivity contribution in [1.82, 2.24) is 0 Å². The van der Waals surface area contributed by atoms with Crippen molar-refractivity contribution < 1.29 is 18.7 Å². The van der Waals surface area contributed by atoms with E-state index in [0.29, 0.717) is 11.3 Å². The molecule has 0 aliphatic carbocycles. The van der Waals surface area contributed by atoms with E-state index in [0.717, 1.165) is 0 Å². The summed E-state index contributed by atoms with van der Waals surface area (Å²) in [6, 6.07) is 4.56. The summed E-state index contributed by atoms with van der Waals surface area (Å²) in [5.74, 6) is -0.416. The molecule has 5 nitrogen and oxygen atoms in total. The average Bonchev–Trinajstić information content (AvgIpc) is 2.38. The Morgan fingerprint density at radius 2 is 2.00 bits per heavy atom. The number of aliphatic hydroxyl groups is 1. The highest BCUT2D eigenvalue weighted by Crippen LogP contribution is 2.41. The van der Waals surface area contributed by atoms with E-state index in [1.54, 1.807) is 26.8 Å². The van der Waals surface area contributed by atoms with Crippen LogP contribution in [0.4, 0.5) is 5.69 Å². The molecule has 2 atom stereocenters. The Labute approximate surface area is 113 Å². The SMILES string of the molecule is C[C@@H]1c2cc(NO)ccc2S(=O)(=O)CC(C)(C)[C@@H]1O. The molecule has 3 N–H and O–H groups in total. The first kappa shape index (κ1) is 14.3. The number of hydrogen-bond donors (Lipinski definition) is 3. The van der Waals surface area contributed by atoms with Gasteiger partial charge in [0.15, 0.2) is 9.84 Å². The van der Waals surface area contributed by atoms with Crippen LogP contribution in [0.1, 0.15) is 32.3 Å². The Kier molecular flexibility index (Phi) is 3.36. The predicted octanol–water partition coefficient (Wildman–Crippen LogP) is 1.77. The molecule has 0 spiro atoms. The number of sulfone groups is 1. The van der Waals surface area contributed by atoms with Crippen molar-refractivity contribution in [2.24, 2.45) is 5.41 Å². The summed E-state index contributed by atoms with van der Waals surface area (Å²) in [5.41, 5.74) is 2.24. The summed E-state index contributed by atoms with van der Waals surface area (Å²) in [5, 5.41) is 19.3. The molecule has 19 heavy (non-hydrogen) atoms.